The predicted molar refractivity (Wildman–Crippen MR) is 69.1 cm³/mol. The molecule has 2 aliphatic rings. The van der Waals surface area contributed by atoms with Crippen molar-refractivity contribution < 1.29 is 14.7 Å². The van der Waals surface area contributed by atoms with Gasteiger partial charge in [-0.2, -0.15) is 0 Å². The van der Waals surface area contributed by atoms with Gasteiger partial charge in [0, 0.05) is 5.57 Å². The summed E-state index contributed by atoms with van der Waals surface area (Å²) in [4.78, 5) is 23.0. The van der Waals surface area contributed by atoms with Gasteiger partial charge in [-0.25, -0.2) is 0 Å². The third-order valence-electron chi connectivity index (χ3n) is 3.98. The zero-order valence-corrected chi connectivity index (χ0v) is 11.0. The Morgan fingerprint density at radius 2 is 2.11 bits per heavy atom. The number of hydrogen-bond acceptors (Lipinski definition) is 2. The smallest absolute Gasteiger partial charge is 0.306 e. The van der Waals surface area contributed by atoms with Crippen LogP contribution < -0.4 is 0 Å². The minimum absolute atomic E-state index is 0.000741. The Balaban J connectivity index is 2.42. The molecule has 0 aromatic carbocycles. The second kappa shape index (κ2) is 4.56. The Morgan fingerprint density at radius 1 is 1.44 bits per heavy atom. The summed E-state index contributed by atoms with van der Waals surface area (Å²) >= 11 is 0. The van der Waals surface area contributed by atoms with Gasteiger partial charge in [-0.05, 0) is 49.8 Å². The topological polar surface area (TPSA) is 54.4 Å². The predicted octanol–water partition coefficient (Wildman–Crippen LogP) is 2.89. The van der Waals surface area contributed by atoms with Gasteiger partial charge in [0.2, 0.25) is 0 Å². The van der Waals surface area contributed by atoms with Crippen molar-refractivity contribution in [3.05, 3.63) is 34.4 Å². The average molecular weight is 246 g/mol. The molecule has 0 saturated heterocycles. The number of carboxylic acids is 1. The number of carbonyl (C=O) groups excluding carboxylic acids is 1. The lowest BCUT2D eigenvalue weighted by Crippen LogP contribution is -2.19. The van der Waals surface area contributed by atoms with Crippen molar-refractivity contribution in [2.45, 2.75) is 33.6 Å². The molecule has 0 aliphatic heterocycles. The number of ketones is 1. The lowest BCUT2D eigenvalue weighted by atomic mass is 9.88. The van der Waals surface area contributed by atoms with E-state index in [4.69, 9.17) is 5.11 Å². The highest BCUT2D eigenvalue weighted by Gasteiger charge is 2.30. The van der Waals surface area contributed by atoms with Crippen LogP contribution in [-0.2, 0) is 9.59 Å². The Labute approximate surface area is 107 Å². The van der Waals surface area contributed by atoms with Crippen LogP contribution in [0.1, 0.15) is 33.6 Å². The molecule has 18 heavy (non-hydrogen) atoms. The van der Waals surface area contributed by atoms with Gasteiger partial charge < -0.3 is 5.11 Å². The molecule has 0 aromatic heterocycles. The number of aliphatic carboxylic acids is 1. The van der Waals surface area contributed by atoms with E-state index in [-0.39, 0.29) is 11.7 Å². The van der Waals surface area contributed by atoms with Gasteiger partial charge in [0.15, 0.2) is 5.78 Å². The number of carboxylic acid groups (broad SMARTS) is 1. The van der Waals surface area contributed by atoms with Crippen LogP contribution >= 0.6 is 0 Å². The van der Waals surface area contributed by atoms with E-state index in [9.17, 15) is 9.59 Å². The molecule has 2 atom stereocenters. The lowest BCUT2D eigenvalue weighted by molar-refractivity contribution is -0.142. The first kappa shape index (κ1) is 12.8. The molecule has 0 unspecified atom stereocenters. The maximum atomic E-state index is 11.9. The summed E-state index contributed by atoms with van der Waals surface area (Å²) in [5.74, 6) is -1.11. The van der Waals surface area contributed by atoms with Gasteiger partial charge in [0.25, 0.3) is 0 Å². The monoisotopic (exact) mass is 246 g/mol. The summed E-state index contributed by atoms with van der Waals surface area (Å²) in [7, 11) is 0. The van der Waals surface area contributed by atoms with Crippen molar-refractivity contribution in [2.75, 3.05) is 0 Å². The molecule has 2 aliphatic carbocycles. The zero-order valence-electron chi connectivity index (χ0n) is 11.0. The molecule has 0 aromatic rings. The van der Waals surface area contributed by atoms with Crippen molar-refractivity contribution >= 4 is 11.8 Å². The van der Waals surface area contributed by atoms with Crippen molar-refractivity contribution in [1.29, 1.82) is 0 Å². The van der Waals surface area contributed by atoms with Crippen LogP contribution in [0.4, 0.5) is 0 Å². The van der Waals surface area contributed by atoms with Gasteiger partial charge >= 0.3 is 5.97 Å². The molecule has 0 fully saturated rings. The Kier molecular flexibility index (Phi) is 3.24. The summed E-state index contributed by atoms with van der Waals surface area (Å²) in [5, 5.41) is 9.13. The van der Waals surface area contributed by atoms with Crippen LogP contribution in [0.5, 0.6) is 0 Å². The SMILES string of the molecule is CC1=CC(=O)C2=C(C)CC[C@H]([C@H](C)C(=O)O)C=C12. The van der Waals surface area contributed by atoms with Crippen LogP contribution in [0.25, 0.3) is 0 Å². The van der Waals surface area contributed by atoms with E-state index in [1.54, 1.807) is 13.0 Å². The average Bonchev–Trinajstić information content (AvgIpc) is 2.48. The molecular formula is C15H18O3. The summed E-state index contributed by atoms with van der Waals surface area (Å²) in [6, 6.07) is 0. The Hall–Kier alpha value is -1.64. The van der Waals surface area contributed by atoms with E-state index in [0.29, 0.717) is 0 Å². The number of carbonyl (C=O) groups is 2. The quantitative estimate of drug-likeness (QED) is 0.815. The maximum absolute atomic E-state index is 11.9. The standard InChI is InChI=1S/C15H18O3/c1-8-4-5-11(10(3)15(17)18)7-12-9(2)6-13(16)14(8)12/h6-7,10-11H,4-5H2,1-3H3,(H,17,18)/t10-,11-/m0/s1. The van der Waals surface area contributed by atoms with Gasteiger partial charge in [0.1, 0.15) is 0 Å². The lowest BCUT2D eigenvalue weighted by Gasteiger charge is -2.16. The maximum Gasteiger partial charge on any atom is 0.306 e. The molecule has 0 heterocycles. The molecular weight excluding hydrogens is 228 g/mol. The van der Waals surface area contributed by atoms with Gasteiger partial charge in [0.05, 0.1) is 5.92 Å². The summed E-state index contributed by atoms with van der Waals surface area (Å²) in [5.41, 5.74) is 3.79. The van der Waals surface area contributed by atoms with Crippen LogP contribution in [0.15, 0.2) is 34.4 Å². The zero-order chi connectivity index (χ0) is 13.4. The fourth-order valence-electron chi connectivity index (χ4n) is 2.71. The molecule has 0 saturated carbocycles. The Morgan fingerprint density at radius 3 is 2.72 bits per heavy atom. The number of fused-ring (bicyclic) bond motifs is 1. The third-order valence-corrected chi connectivity index (χ3v) is 3.98. The van der Waals surface area contributed by atoms with Gasteiger partial charge in [-0.3, -0.25) is 9.59 Å². The molecule has 2 rings (SSSR count). The molecule has 3 heteroatoms. The first-order valence-electron chi connectivity index (χ1n) is 6.29. The van der Waals surface area contributed by atoms with Crippen LogP contribution in [-0.4, -0.2) is 16.9 Å². The number of hydrogen-bond donors (Lipinski definition) is 1. The summed E-state index contributed by atoms with van der Waals surface area (Å²) < 4.78 is 0. The van der Waals surface area contributed by atoms with E-state index >= 15 is 0 Å². The first-order valence-corrected chi connectivity index (χ1v) is 6.29. The van der Waals surface area contributed by atoms with Crippen molar-refractivity contribution in [3.8, 4) is 0 Å². The van der Waals surface area contributed by atoms with Crippen LogP contribution in [0.3, 0.4) is 0 Å². The first-order chi connectivity index (χ1) is 8.41. The molecule has 96 valence electrons. The molecule has 0 spiro atoms. The number of rotatable bonds is 2. The largest absolute Gasteiger partial charge is 0.481 e. The molecule has 0 bridgehead atoms. The third kappa shape index (κ3) is 2.05. The summed E-state index contributed by atoms with van der Waals surface area (Å²) in [6.07, 6.45) is 5.23. The highest BCUT2D eigenvalue weighted by atomic mass is 16.4. The van der Waals surface area contributed by atoms with E-state index in [1.807, 2.05) is 19.9 Å². The van der Waals surface area contributed by atoms with E-state index in [1.165, 1.54) is 0 Å². The van der Waals surface area contributed by atoms with Crippen molar-refractivity contribution in [1.82, 2.24) is 0 Å². The normalized spacial score (nSPS) is 25.3. The van der Waals surface area contributed by atoms with Crippen LogP contribution in [0.2, 0.25) is 0 Å². The van der Waals surface area contributed by atoms with E-state index in [2.05, 4.69) is 0 Å². The fraction of sp³-hybridized carbons (Fsp3) is 0.467. The second-order valence-corrected chi connectivity index (χ2v) is 5.26. The Bertz CT molecular complexity index is 506. The minimum atomic E-state index is -0.774. The molecule has 0 amide bonds. The highest BCUT2D eigenvalue weighted by molar-refractivity contribution is 6.13. The van der Waals surface area contributed by atoms with Gasteiger partial charge in [-0.15, -0.1) is 0 Å². The second-order valence-electron chi connectivity index (χ2n) is 5.26. The van der Waals surface area contributed by atoms with Crippen molar-refractivity contribution in [3.63, 3.8) is 0 Å². The van der Waals surface area contributed by atoms with E-state index in [0.717, 1.165) is 35.1 Å². The molecule has 1 N–H and O–H groups in total. The van der Waals surface area contributed by atoms with Crippen molar-refractivity contribution in [2.24, 2.45) is 11.8 Å². The highest BCUT2D eigenvalue weighted by Crippen LogP contribution is 2.38. The number of allylic oxidation sites excluding steroid dienone is 6. The van der Waals surface area contributed by atoms with Crippen LogP contribution in [0, 0.1) is 11.8 Å². The minimum Gasteiger partial charge on any atom is -0.481 e. The molecule has 3 nitrogen and oxygen atoms in total. The van der Waals surface area contributed by atoms with E-state index < -0.39 is 11.9 Å². The molecule has 0 radical (unpaired) electrons. The fourth-order valence-corrected chi connectivity index (χ4v) is 2.71. The van der Waals surface area contributed by atoms with Gasteiger partial charge in [-0.1, -0.05) is 18.6 Å². The summed E-state index contributed by atoms with van der Waals surface area (Å²) in [6.45, 7) is 5.62.